The number of hydrogen-bond acceptors (Lipinski definition) is 4. The number of morpholine rings is 1. The van der Waals surface area contributed by atoms with Crippen molar-refractivity contribution in [2.75, 3.05) is 31.2 Å². The fourth-order valence-electron chi connectivity index (χ4n) is 2.34. The largest absolute Gasteiger partial charge is 0.506 e. The van der Waals surface area contributed by atoms with Crippen LogP contribution in [-0.4, -0.2) is 37.6 Å². The second-order valence-electron chi connectivity index (χ2n) is 5.08. The van der Waals surface area contributed by atoms with Gasteiger partial charge < -0.3 is 14.7 Å². The van der Waals surface area contributed by atoms with Gasteiger partial charge in [0.1, 0.15) is 11.4 Å². The number of rotatable bonds is 3. The fourth-order valence-corrected chi connectivity index (χ4v) is 2.51. The zero-order valence-corrected chi connectivity index (χ0v) is 12.8. The van der Waals surface area contributed by atoms with Gasteiger partial charge in [-0.2, -0.15) is 0 Å². The number of nitrogens with zero attached hydrogens (tertiary/aromatic N) is 2. The van der Waals surface area contributed by atoms with E-state index in [0.717, 1.165) is 31.9 Å². The molecule has 0 spiro atoms. The van der Waals surface area contributed by atoms with Crippen LogP contribution in [0.3, 0.4) is 0 Å². The fraction of sp³-hybridized carbons (Fsp3) is 0.235. The Hall–Kier alpha value is -2.04. The number of phenolic OH excluding ortho intramolecular Hbond substituents is 1. The van der Waals surface area contributed by atoms with Crippen LogP contribution in [0.15, 0.2) is 47.5 Å². The lowest BCUT2D eigenvalue weighted by molar-refractivity contribution is 0.122. The van der Waals surface area contributed by atoms with Gasteiger partial charge in [-0.15, -0.1) is 0 Å². The third-order valence-corrected chi connectivity index (χ3v) is 3.79. The molecule has 5 heteroatoms. The van der Waals surface area contributed by atoms with Crippen LogP contribution in [0.4, 0.5) is 11.4 Å². The number of anilines is 1. The number of halogens is 1. The van der Waals surface area contributed by atoms with E-state index in [4.69, 9.17) is 16.3 Å². The Labute approximate surface area is 134 Å². The molecule has 2 aromatic carbocycles. The van der Waals surface area contributed by atoms with Crippen LogP contribution >= 0.6 is 11.6 Å². The van der Waals surface area contributed by atoms with E-state index < -0.39 is 0 Å². The Bertz CT molecular complexity index is 665. The summed E-state index contributed by atoms with van der Waals surface area (Å²) >= 11 is 5.80. The van der Waals surface area contributed by atoms with Gasteiger partial charge >= 0.3 is 0 Å². The number of aliphatic imine (C=N–C) groups is 1. The normalized spacial score (nSPS) is 15.4. The summed E-state index contributed by atoms with van der Waals surface area (Å²) in [6.07, 6.45) is 1.73. The molecule has 1 aliphatic heterocycles. The van der Waals surface area contributed by atoms with Gasteiger partial charge in [0.25, 0.3) is 0 Å². The molecule has 0 unspecified atom stereocenters. The van der Waals surface area contributed by atoms with Crippen LogP contribution in [0.5, 0.6) is 5.75 Å². The molecule has 1 fully saturated rings. The first-order chi connectivity index (χ1) is 10.7. The summed E-state index contributed by atoms with van der Waals surface area (Å²) < 4.78 is 5.36. The van der Waals surface area contributed by atoms with Gasteiger partial charge in [-0.3, -0.25) is 4.99 Å². The lowest BCUT2D eigenvalue weighted by Gasteiger charge is -2.28. The standard InChI is InChI=1S/C17H17ClN2O2/c18-14-3-6-16(17(21)11-14)19-12-13-1-4-15(5-2-13)20-7-9-22-10-8-20/h1-6,11-12,21H,7-10H2. The SMILES string of the molecule is Oc1cc(Cl)ccc1N=Cc1ccc(N2CCOCC2)cc1. The van der Waals surface area contributed by atoms with E-state index in [1.54, 1.807) is 18.3 Å². The Morgan fingerprint density at radius 3 is 2.50 bits per heavy atom. The van der Waals surface area contributed by atoms with Crippen LogP contribution in [-0.2, 0) is 4.74 Å². The second-order valence-corrected chi connectivity index (χ2v) is 5.52. The van der Waals surface area contributed by atoms with Crippen molar-refractivity contribution in [3.05, 3.63) is 53.1 Å². The summed E-state index contributed by atoms with van der Waals surface area (Å²) in [4.78, 5) is 6.59. The Morgan fingerprint density at radius 2 is 1.82 bits per heavy atom. The van der Waals surface area contributed by atoms with E-state index in [2.05, 4.69) is 22.0 Å². The molecule has 0 saturated carbocycles. The van der Waals surface area contributed by atoms with Crippen molar-refractivity contribution < 1.29 is 9.84 Å². The number of phenols is 1. The number of benzene rings is 2. The molecule has 0 radical (unpaired) electrons. The van der Waals surface area contributed by atoms with E-state index in [1.807, 2.05) is 12.1 Å². The summed E-state index contributed by atoms with van der Waals surface area (Å²) in [7, 11) is 0. The Balaban J connectivity index is 1.71. The van der Waals surface area contributed by atoms with E-state index in [1.165, 1.54) is 11.8 Å². The molecule has 0 aromatic heterocycles. The molecule has 1 heterocycles. The quantitative estimate of drug-likeness (QED) is 0.879. The molecule has 0 atom stereocenters. The highest BCUT2D eigenvalue weighted by Crippen LogP contribution is 2.29. The van der Waals surface area contributed by atoms with Crippen molar-refractivity contribution in [1.82, 2.24) is 0 Å². The lowest BCUT2D eigenvalue weighted by atomic mass is 10.2. The average Bonchev–Trinajstić information content (AvgIpc) is 2.55. The minimum absolute atomic E-state index is 0.0775. The molecule has 1 aliphatic rings. The molecule has 1 saturated heterocycles. The maximum Gasteiger partial charge on any atom is 0.142 e. The maximum absolute atomic E-state index is 9.77. The molecule has 4 nitrogen and oxygen atoms in total. The number of ether oxygens (including phenoxy) is 1. The molecule has 0 bridgehead atoms. The third-order valence-electron chi connectivity index (χ3n) is 3.56. The molecule has 0 aliphatic carbocycles. The van der Waals surface area contributed by atoms with Gasteiger partial charge in [-0.1, -0.05) is 23.7 Å². The zero-order chi connectivity index (χ0) is 15.4. The van der Waals surface area contributed by atoms with Gasteiger partial charge in [0, 0.05) is 36.1 Å². The minimum Gasteiger partial charge on any atom is -0.506 e. The molecule has 1 N–H and O–H groups in total. The van der Waals surface area contributed by atoms with Gasteiger partial charge in [0.15, 0.2) is 0 Å². The molecule has 2 aromatic rings. The molecule has 22 heavy (non-hydrogen) atoms. The summed E-state index contributed by atoms with van der Waals surface area (Å²) in [5.74, 6) is 0.0775. The summed E-state index contributed by atoms with van der Waals surface area (Å²) in [5, 5.41) is 10.3. The monoisotopic (exact) mass is 316 g/mol. The van der Waals surface area contributed by atoms with Gasteiger partial charge in [-0.25, -0.2) is 0 Å². The van der Waals surface area contributed by atoms with Crippen molar-refractivity contribution in [1.29, 1.82) is 0 Å². The number of hydrogen-bond donors (Lipinski definition) is 1. The van der Waals surface area contributed by atoms with Crippen LogP contribution < -0.4 is 4.90 Å². The Kier molecular flexibility index (Phi) is 4.61. The molecular weight excluding hydrogens is 300 g/mol. The predicted molar refractivity (Wildman–Crippen MR) is 89.8 cm³/mol. The van der Waals surface area contributed by atoms with Crippen LogP contribution in [0.1, 0.15) is 5.56 Å². The van der Waals surface area contributed by atoms with E-state index in [-0.39, 0.29) is 5.75 Å². The van der Waals surface area contributed by atoms with Gasteiger partial charge in [-0.05, 0) is 29.8 Å². The van der Waals surface area contributed by atoms with E-state index >= 15 is 0 Å². The Morgan fingerprint density at radius 1 is 1.09 bits per heavy atom. The van der Waals surface area contributed by atoms with E-state index in [9.17, 15) is 5.11 Å². The predicted octanol–water partition coefficient (Wildman–Crippen LogP) is 3.63. The number of aromatic hydroxyl groups is 1. The first-order valence-corrected chi connectivity index (χ1v) is 7.55. The molecule has 0 amide bonds. The topological polar surface area (TPSA) is 45.1 Å². The highest BCUT2D eigenvalue weighted by Gasteiger charge is 2.10. The van der Waals surface area contributed by atoms with Gasteiger partial charge in [0.2, 0.25) is 0 Å². The summed E-state index contributed by atoms with van der Waals surface area (Å²) in [6, 6.07) is 13.1. The maximum atomic E-state index is 9.77. The first-order valence-electron chi connectivity index (χ1n) is 7.18. The van der Waals surface area contributed by atoms with Crippen LogP contribution in [0.2, 0.25) is 5.02 Å². The summed E-state index contributed by atoms with van der Waals surface area (Å²) in [5.41, 5.74) is 2.67. The van der Waals surface area contributed by atoms with Crippen LogP contribution in [0, 0.1) is 0 Å². The van der Waals surface area contributed by atoms with Crippen molar-refractivity contribution in [3.63, 3.8) is 0 Å². The van der Waals surface area contributed by atoms with Crippen molar-refractivity contribution >= 4 is 29.2 Å². The zero-order valence-electron chi connectivity index (χ0n) is 12.1. The highest BCUT2D eigenvalue weighted by atomic mass is 35.5. The van der Waals surface area contributed by atoms with Gasteiger partial charge in [0.05, 0.1) is 13.2 Å². The summed E-state index contributed by atoms with van der Waals surface area (Å²) in [6.45, 7) is 3.40. The highest BCUT2D eigenvalue weighted by molar-refractivity contribution is 6.30. The van der Waals surface area contributed by atoms with Crippen molar-refractivity contribution in [2.45, 2.75) is 0 Å². The van der Waals surface area contributed by atoms with E-state index in [0.29, 0.717) is 10.7 Å². The molecular formula is C17H17ClN2O2. The average molecular weight is 317 g/mol. The molecule has 3 rings (SSSR count). The third kappa shape index (κ3) is 3.59. The first kappa shape index (κ1) is 14.9. The van der Waals surface area contributed by atoms with Crippen LogP contribution in [0.25, 0.3) is 0 Å². The minimum atomic E-state index is 0.0775. The smallest absolute Gasteiger partial charge is 0.142 e. The van der Waals surface area contributed by atoms with Crippen molar-refractivity contribution in [3.8, 4) is 5.75 Å². The second kappa shape index (κ2) is 6.81. The lowest BCUT2D eigenvalue weighted by Crippen LogP contribution is -2.36. The van der Waals surface area contributed by atoms with Crippen molar-refractivity contribution in [2.24, 2.45) is 4.99 Å². The molecule has 114 valence electrons.